The highest BCUT2D eigenvalue weighted by atomic mass is 16.5. The van der Waals surface area contributed by atoms with Crippen LogP contribution in [0, 0.1) is 0 Å². The number of nitrogens with one attached hydrogen (secondary N) is 2. The third-order valence-electron chi connectivity index (χ3n) is 1.71. The van der Waals surface area contributed by atoms with Crippen molar-refractivity contribution >= 4 is 17.5 Å². The molecule has 3 N–H and O–H groups in total. The number of methoxy groups -OCH3 is 1. The van der Waals surface area contributed by atoms with Gasteiger partial charge in [0, 0.05) is 18.8 Å². The number of ether oxygens (including phenoxy) is 1. The summed E-state index contributed by atoms with van der Waals surface area (Å²) in [6.07, 6.45) is -0.613. The lowest BCUT2D eigenvalue weighted by atomic mass is 10.2. The number of benzene rings is 1. The fraction of sp³-hybridized carbons (Fsp3) is 0.222. The quantitative estimate of drug-likeness (QED) is 0.628. The molecule has 0 atom stereocenters. The minimum atomic E-state index is -0.613. The second-order valence-corrected chi connectivity index (χ2v) is 2.60. The summed E-state index contributed by atoms with van der Waals surface area (Å²) in [5.74, 6) is -0.0118. The molecule has 0 bridgehead atoms. The van der Waals surface area contributed by atoms with Crippen molar-refractivity contribution in [1.29, 1.82) is 0 Å². The van der Waals surface area contributed by atoms with Crippen molar-refractivity contribution in [2.45, 2.75) is 0 Å². The maximum Gasteiger partial charge on any atom is 0.411 e. The fourth-order valence-electron chi connectivity index (χ4n) is 0.954. The number of phenols is 1. The number of hydrogen-bond acceptors (Lipinski definition) is 4. The van der Waals surface area contributed by atoms with Gasteiger partial charge in [-0.25, -0.2) is 4.79 Å². The second kappa shape index (κ2) is 4.36. The minimum absolute atomic E-state index is 0.0118. The molecule has 0 aliphatic heterocycles. The van der Waals surface area contributed by atoms with Gasteiger partial charge in [-0.2, -0.15) is 0 Å². The molecule has 1 amide bonds. The molecule has 0 fully saturated rings. The highest BCUT2D eigenvalue weighted by molar-refractivity contribution is 5.87. The van der Waals surface area contributed by atoms with Crippen LogP contribution < -0.4 is 10.6 Å². The average Bonchev–Trinajstić information content (AvgIpc) is 2.20. The zero-order valence-electron chi connectivity index (χ0n) is 8.00. The number of amides is 1. The van der Waals surface area contributed by atoms with Gasteiger partial charge in [-0.05, 0) is 12.1 Å². The molecular formula is C9H12N2O3. The largest absolute Gasteiger partial charge is 0.506 e. The summed E-state index contributed by atoms with van der Waals surface area (Å²) in [6.45, 7) is 0. The van der Waals surface area contributed by atoms with Gasteiger partial charge in [0.15, 0.2) is 0 Å². The van der Waals surface area contributed by atoms with Crippen LogP contribution in [0.15, 0.2) is 18.2 Å². The first-order chi connectivity index (χ1) is 6.67. The van der Waals surface area contributed by atoms with E-state index in [-0.39, 0.29) is 5.75 Å². The summed E-state index contributed by atoms with van der Waals surface area (Å²) in [4.78, 5) is 10.8. The molecule has 0 heterocycles. The number of anilines is 2. The molecule has 5 nitrogen and oxygen atoms in total. The zero-order chi connectivity index (χ0) is 10.6. The predicted octanol–water partition coefficient (Wildman–Crippen LogP) is 1.61. The lowest BCUT2D eigenvalue weighted by molar-refractivity contribution is 0.187. The van der Waals surface area contributed by atoms with Crippen molar-refractivity contribution < 1.29 is 14.6 Å². The van der Waals surface area contributed by atoms with Crippen molar-refractivity contribution in [2.24, 2.45) is 0 Å². The van der Waals surface area contributed by atoms with Gasteiger partial charge in [0.2, 0.25) is 0 Å². The zero-order valence-corrected chi connectivity index (χ0v) is 8.00. The van der Waals surface area contributed by atoms with Gasteiger partial charge in [-0.1, -0.05) is 0 Å². The summed E-state index contributed by atoms with van der Waals surface area (Å²) in [7, 11) is 3.00. The minimum Gasteiger partial charge on any atom is -0.506 e. The van der Waals surface area contributed by atoms with Gasteiger partial charge in [0.05, 0.1) is 12.8 Å². The SMILES string of the molecule is CNc1ccc(NC(=O)OC)c(O)c1. The predicted molar refractivity (Wildman–Crippen MR) is 53.7 cm³/mol. The maximum atomic E-state index is 10.8. The topological polar surface area (TPSA) is 70.6 Å². The molecule has 1 aromatic rings. The molecule has 0 aliphatic carbocycles. The molecule has 1 aromatic carbocycles. The summed E-state index contributed by atoms with van der Waals surface area (Å²) < 4.78 is 4.39. The van der Waals surface area contributed by atoms with Gasteiger partial charge in [0.1, 0.15) is 5.75 Å². The number of phenolic OH excluding ortho intramolecular Hbond substituents is 1. The first-order valence-electron chi connectivity index (χ1n) is 4.03. The van der Waals surface area contributed by atoms with Crippen LogP contribution in [-0.2, 0) is 4.74 Å². The second-order valence-electron chi connectivity index (χ2n) is 2.60. The van der Waals surface area contributed by atoms with Gasteiger partial charge in [-0.3, -0.25) is 5.32 Å². The van der Waals surface area contributed by atoms with Crippen molar-refractivity contribution in [2.75, 3.05) is 24.8 Å². The number of rotatable bonds is 2. The van der Waals surface area contributed by atoms with Gasteiger partial charge < -0.3 is 15.2 Å². The first-order valence-corrected chi connectivity index (χ1v) is 4.03. The molecule has 0 aromatic heterocycles. The number of hydrogen-bond donors (Lipinski definition) is 3. The van der Waals surface area contributed by atoms with E-state index >= 15 is 0 Å². The Bertz CT molecular complexity index is 339. The van der Waals surface area contributed by atoms with E-state index in [0.717, 1.165) is 5.69 Å². The molecule has 5 heteroatoms. The third-order valence-corrected chi connectivity index (χ3v) is 1.71. The Balaban J connectivity index is 2.83. The molecule has 0 saturated carbocycles. The highest BCUT2D eigenvalue weighted by Crippen LogP contribution is 2.26. The standard InChI is InChI=1S/C9H12N2O3/c1-10-6-3-4-7(8(12)5-6)11-9(13)14-2/h3-5,10,12H,1-2H3,(H,11,13). The molecule has 0 spiro atoms. The van der Waals surface area contributed by atoms with Crippen LogP contribution >= 0.6 is 0 Å². The van der Waals surface area contributed by atoms with E-state index in [0.29, 0.717) is 5.69 Å². The van der Waals surface area contributed by atoms with Crippen LogP contribution in [0.4, 0.5) is 16.2 Å². The third kappa shape index (κ3) is 2.29. The Kier molecular flexibility index (Phi) is 3.17. The summed E-state index contributed by atoms with van der Waals surface area (Å²) >= 11 is 0. The molecule has 14 heavy (non-hydrogen) atoms. The van der Waals surface area contributed by atoms with E-state index in [4.69, 9.17) is 0 Å². The molecule has 0 aliphatic rings. The first kappa shape index (κ1) is 10.2. The monoisotopic (exact) mass is 196 g/mol. The summed E-state index contributed by atoms with van der Waals surface area (Å²) in [6, 6.07) is 4.81. The molecule has 1 rings (SSSR count). The Morgan fingerprint density at radius 1 is 1.50 bits per heavy atom. The Hall–Kier alpha value is -1.91. The smallest absolute Gasteiger partial charge is 0.411 e. The van der Waals surface area contributed by atoms with Crippen LogP contribution in [0.1, 0.15) is 0 Å². The van der Waals surface area contributed by atoms with Crippen LogP contribution in [0.2, 0.25) is 0 Å². The van der Waals surface area contributed by atoms with Gasteiger partial charge in [0.25, 0.3) is 0 Å². The molecule has 76 valence electrons. The molecule has 0 radical (unpaired) electrons. The van der Waals surface area contributed by atoms with Crippen molar-refractivity contribution in [3.05, 3.63) is 18.2 Å². The van der Waals surface area contributed by atoms with Crippen LogP contribution in [0.3, 0.4) is 0 Å². The van der Waals surface area contributed by atoms with Crippen molar-refractivity contribution in [3.8, 4) is 5.75 Å². The van der Waals surface area contributed by atoms with Crippen LogP contribution in [0.5, 0.6) is 5.75 Å². The van der Waals surface area contributed by atoms with E-state index in [2.05, 4.69) is 15.4 Å². The van der Waals surface area contributed by atoms with E-state index in [1.54, 1.807) is 19.2 Å². The lowest BCUT2D eigenvalue weighted by Gasteiger charge is -2.07. The van der Waals surface area contributed by atoms with Crippen molar-refractivity contribution in [3.63, 3.8) is 0 Å². The summed E-state index contributed by atoms with van der Waals surface area (Å²) in [5.41, 5.74) is 1.08. The van der Waals surface area contributed by atoms with E-state index in [9.17, 15) is 9.90 Å². The van der Waals surface area contributed by atoms with Gasteiger partial charge >= 0.3 is 6.09 Å². The normalized spacial score (nSPS) is 9.29. The van der Waals surface area contributed by atoms with Crippen molar-refractivity contribution in [1.82, 2.24) is 0 Å². The average molecular weight is 196 g/mol. The maximum absolute atomic E-state index is 10.8. The van der Waals surface area contributed by atoms with Crippen LogP contribution in [-0.4, -0.2) is 25.4 Å². The number of carbonyl (C=O) groups is 1. The fourth-order valence-corrected chi connectivity index (χ4v) is 0.954. The van der Waals surface area contributed by atoms with E-state index < -0.39 is 6.09 Å². The molecule has 0 saturated heterocycles. The summed E-state index contributed by atoms with van der Waals surface area (Å²) in [5, 5.41) is 14.7. The number of aromatic hydroxyl groups is 1. The Morgan fingerprint density at radius 3 is 2.71 bits per heavy atom. The van der Waals surface area contributed by atoms with E-state index in [1.165, 1.54) is 13.2 Å². The highest BCUT2D eigenvalue weighted by Gasteiger charge is 2.05. The van der Waals surface area contributed by atoms with Crippen LogP contribution in [0.25, 0.3) is 0 Å². The lowest BCUT2D eigenvalue weighted by Crippen LogP contribution is -2.10. The van der Waals surface area contributed by atoms with E-state index in [1.807, 2.05) is 0 Å². The Morgan fingerprint density at radius 2 is 2.21 bits per heavy atom. The molecule has 0 unspecified atom stereocenters. The Labute approximate surface area is 81.7 Å². The molecular weight excluding hydrogens is 184 g/mol. The van der Waals surface area contributed by atoms with Gasteiger partial charge in [-0.15, -0.1) is 0 Å². The number of carbonyl (C=O) groups excluding carboxylic acids is 1.